The van der Waals surface area contributed by atoms with Gasteiger partial charge in [-0.15, -0.1) is 0 Å². The molecule has 9 heteroatoms. The SMILES string of the molecule is CCn1c(SCc2cccc(S(=O)(=O)N(C)C)c2)nc2ccc(Br)cc2c1=O. The maximum absolute atomic E-state index is 12.8. The molecule has 0 fully saturated rings. The van der Waals surface area contributed by atoms with E-state index in [4.69, 9.17) is 0 Å². The standard InChI is InChI=1S/C19H20BrN3O3S2/c1-4-23-18(24)16-11-14(20)8-9-17(16)21-19(23)27-12-13-6-5-7-15(10-13)28(25,26)22(2)3/h5-11H,4,12H2,1-3H3. The van der Waals surface area contributed by atoms with Crippen LogP contribution in [0, 0.1) is 0 Å². The summed E-state index contributed by atoms with van der Waals surface area (Å²) in [4.78, 5) is 17.7. The molecule has 0 amide bonds. The highest BCUT2D eigenvalue weighted by atomic mass is 79.9. The van der Waals surface area contributed by atoms with Gasteiger partial charge in [0.15, 0.2) is 5.16 Å². The number of fused-ring (bicyclic) bond motifs is 1. The van der Waals surface area contributed by atoms with E-state index in [2.05, 4.69) is 20.9 Å². The Labute approximate surface area is 176 Å². The first-order valence-electron chi connectivity index (χ1n) is 8.58. The molecule has 0 saturated carbocycles. The summed E-state index contributed by atoms with van der Waals surface area (Å²) in [6.07, 6.45) is 0. The Bertz CT molecular complexity index is 1190. The highest BCUT2D eigenvalue weighted by Gasteiger charge is 2.17. The lowest BCUT2D eigenvalue weighted by Crippen LogP contribution is -2.22. The molecule has 0 radical (unpaired) electrons. The maximum atomic E-state index is 12.8. The van der Waals surface area contributed by atoms with Crippen LogP contribution in [0.4, 0.5) is 0 Å². The van der Waals surface area contributed by atoms with Crippen LogP contribution in [0.1, 0.15) is 12.5 Å². The Kier molecular flexibility index (Phi) is 6.28. The third-order valence-corrected chi connectivity index (χ3v) is 7.59. The molecule has 2 aromatic carbocycles. The number of thioether (sulfide) groups is 1. The molecule has 0 unspecified atom stereocenters. The lowest BCUT2D eigenvalue weighted by molar-refractivity contribution is 0.520. The van der Waals surface area contributed by atoms with Gasteiger partial charge in [0, 0.05) is 30.9 Å². The van der Waals surface area contributed by atoms with Crippen LogP contribution in [0.15, 0.2) is 61.8 Å². The number of nitrogens with zero attached hydrogens (tertiary/aromatic N) is 3. The van der Waals surface area contributed by atoms with E-state index in [0.29, 0.717) is 28.4 Å². The van der Waals surface area contributed by atoms with E-state index in [-0.39, 0.29) is 10.5 Å². The van der Waals surface area contributed by atoms with Gasteiger partial charge in [-0.25, -0.2) is 17.7 Å². The molecular weight excluding hydrogens is 462 g/mol. The molecule has 0 aliphatic heterocycles. The first-order chi connectivity index (χ1) is 13.2. The van der Waals surface area contributed by atoms with E-state index in [1.165, 1.54) is 30.2 Å². The summed E-state index contributed by atoms with van der Waals surface area (Å²) in [7, 11) is -0.470. The van der Waals surface area contributed by atoms with E-state index >= 15 is 0 Å². The Morgan fingerprint density at radius 3 is 2.61 bits per heavy atom. The fourth-order valence-electron chi connectivity index (χ4n) is 2.72. The van der Waals surface area contributed by atoms with E-state index in [1.807, 2.05) is 25.1 Å². The van der Waals surface area contributed by atoms with Crippen LogP contribution in [0.2, 0.25) is 0 Å². The van der Waals surface area contributed by atoms with Gasteiger partial charge < -0.3 is 0 Å². The molecule has 148 valence electrons. The van der Waals surface area contributed by atoms with E-state index < -0.39 is 10.0 Å². The summed E-state index contributed by atoms with van der Waals surface area (Å²) < 4.78 is 28.3. The predicted molar refractivity (Wildman–Crippen MR) is 116 cm³/mol. The number of halogens is 1. The van der Waals surface area contributed by atoms with Gasteiger partial charge in [0.25, 0.3) is 5.56 Å². The summed E-state index contributed by atoms with van der Waals surface area (Å²) in [6.45, 7) is 2.41. The van der Waals surface area contributed by atoms with Crippen molar-refractivity contribution in [1.82, 2.24) is 13.9 Å². The Balaban J connectivity index is 1.94. The Hall–Kier alpha value is -1.68. The summed E-state index contributed by atoms with van der Waals surface area (Å²) >= 11 is 4.81. The van der Waals surface area contributed by atoms with E-state index in [0.717, 1.165) is 10.0 Å². The van der Waals surface area contributed by atoms with Crippen molar-refractivity contribution < 1.29 is 8.42 Å². The molecule has 3 aromatic rings. The minimum atomic E-state index is -3.49. The number of rotatable bonds is 6. The minimum Gasteiger partial charge on any atom is -0.287 e. The van der Waals surface area contributed by atoms with Gasteiger partial charge in [0.1, 0.15) is 0 Å². The average molecular weight is 482 g/mol. The van der Waals surface area contributed by atoms with Crippen molar-refractivity contribution in [3.05, 3.63) is 62.9 Å². The Morgan fingerprint density at radius 1 is 1.18 bits per heavy atom. The molecule has 0 saturated heterocycles. The van der Waals surface area contributed by atoms with Crippen LogP contribution in [0.5, 0.6) is 0 Å². The highest BCUT2D eigenvalue weighted by Crippen LogP contribution is 2.25. The van der Waals surface area contributed by atoms with Crippen molar-refractivity contribution >= 4 is 48.6 Å². The molecule has 1 heterocycles. The molecule has 1 aromatic heterocycles. The first kappa shape index (κ1) is 21.0. The molecule has 0 atom stereocenters. The third-order valence-electron chi connectivity index (χ3n) is 4.24. The van der Waals surface area contributed by atoms with Gasteiger partial charge >= 0.3 is 0 Å². The lowest BCUT2D eigenvalue weighted by Gasteiger charge is -2.13. The van der Waals surface area contributed by atoms with Gasteiger partial charge in [-0.3, -0.25) is 9.36 Å². The van der Waals surface area contributed by atoms with Gasteiger partial charge in [0.05, 0.1) is 15.8 Å². The maximum Gasteiger partial charge on any atom is 0.262 e. The summed E-state index contributed by atoms with van der Waals surface area (Å²) in [5, 5.41) is 1.18. The van der Waals surface area contributed by atoms with Crippen molar-refractivity contribution in [2.75, 3.05) is 14.1 Å². The van der Waals surface area contributed by atoms with Crippen molar-refractivity contribution in [3.8, 4) is 0 Å². The summed E-state index contributed by atoms with van der Waals surface area (Å²) in [6, 6.07) is 12.3. The largest absolute Gasteiger partial charge is 0.287 e. The van der Waals surface area contributed by atoms with Crippen LogP contribution < -0.4 is 5.56 Å². The van der Waals surface area contributed by atoms with Crippen LogP contribution in [-0.2, 0) is 22.3 Å². The lowest BCUT2D eigenvalue weighted by atomic mass is 10.2. The molecule has 6 nitrogen and oxygen atoms in total. The third kappa shape index (κ3) is 4.17. The summed E-state index contributed by atoms with van der Waals surface area (Å²) in [5.74, 6) is 0.505. The molecule has 0 aliphatic carbocycles. The van der Waals surface area contributed by atoms with Crippen LogP contribution in [0.3, 0.4) is 0 Å². The number of sulfonamides is 1. The Morgan fingerprint density at radius 2 is 1.93 bits per heavy atom. The molecule has 0 aliphatic rings. The highest BCUT2D eigenvalue weighted by molar-refractivity contribution is 9.10. The molecule has 3 rings (SSSR count). The fourth-order valence-corrected chi connectivity index (χ4v) is 5.06. The monoisotopic (exact) mass is 481 g/mol. The van der Waals surface area contributed by atoms with E-state index in [1.54, 1.807) is 28.8 Å². The van der Waals surface area contributed by atoms with Gasteiger partial charge in [-0.1, -0.05) is 39.8 Å². The second kappa shape index (κ2) is 8.36. The van der Waals surface area contributed by atoms with Crippen molar-refractivity contribution in [2.24, 2.45) is 0 Å². The smallest absolute Gasteiger partial charge is 0.262 e. The molecule has 28 heavy (non-hydrogen) atoms. The van der Waals surface area contributed by atoms with Crippen molar-refractivity contribution in [1.29, 1.82) is 0 Å². The van der Waals surface area contributed by atoms with Crippen molar-refractivity contribution in [3.63, 3.8) is 0 Å². The second-order valence-corrected chi connectivity index (χ2v) is 10.3. The first-order valence-corrected chi connectivity index (χ1v) is 11.8. The predicted octanol–water partition coefficient (Wildman–Crippen LogP) is 3.72. The van der Waals surface area contributed by atoms with Crippen LogP contribution in [0.25, 0.3) is 10.9 Å². The average Bonchev–Trinajstić information content (AvgIpc) is 2.67. The second-order valence-electron chi connectivity index (χ2n) is 6.33. The zero-order valence-electron chi connectivity index (χ0n) is 15.7. The number of benzene rings is 2. The van der Waals surface area contributed by atoms with Crippen LogP contribution in [-0.4, -0.2) is 36.4 Å². The van der Waals surface area contributed by atoms with Crippen LogP contribution >= 0.6 is 27.7 Å². The molecule has 0 spiro atoms. The normalized spacial score (nSPS) is 12.0. The number of aromatic nitrogens is 2. The van der Waals surface area contributed by atoms with Gasteiger partial charge in [0.2, 0.25) is 10.0 Å². The molecule has 0 N–H and O–H groups in total. The number of hydrogen-bond acceptors (Lipinski definition) is 5. The van der Waals surface area contributed by atoms with E-state index in [9.17, 15) is 13.2 Å². The quantitative estimate of drug-likeness (QED) is 0.396. The minimum absolute atomic E-state index is 0.0831. The number of hydrogen-bond donors (Lipinski definition) is 0. The fraction of sp³-hybridized carbons (Fsp3) is 0.263. The summed E-state index contributed by atoms with van der Waals surface area (Å²) in [5.41, 5.74) is 1.41. The topological polar surface area (TPSA) is 72.3 Å². The van der Waals surface area contributed by atoms with Gasteiger partial charge in [-0.2, -0.15) is 0 Å². The van der Waals surface area contributed by atoms with Crippen molar-refractivity contribution in [2.45, 2.75) is 29.3 Å². The zero-order valence-corrected chi connectivity index (χ0v) is 18.9. The van der Waals surface area contributed by atoms with Gasteiger partial charge in [-0.05, 0) is 42.8 Å². The molecule has 0 bridgehead atoms. The zero-order chi connectivity index (χ0) is 20.5. The molecular formula is C19H20BrN3O3S2.